The Hall–Kier alpha value is -3.16. The fourth-order valence-corrected chi connectivity index (χ4v) is 2.30. The smallest absolute Gasteiger partial charge is 0.343 e. The minimum Gasteiger partial charge on any atom is -0.462 e. The van der Waals surface area contributed by atoms with E-state index in [4.69, 9.17) is 9.47 Å². The molecule has 0 aliphatic rings. The highest BCUT2D eigenvalue weighted by Crippen LogP contribution is 2.21. The topological polar surface area (TPSA) is 99.5 Å². The normalized spacial score (nSPS) is 10.2. The molecule has 0 spiro atoms. The van der Waals surface area contributed by atoms with E-state index in [-0.39, 0.29) is 29.3 Å². The van der Waals surface area contributed by atoms with Crippen molar-refractivity contribution in [3.8, 4) is 5.75 Å². The second-order valence-corrected chi connectivity index (χ2v) is 5.23. The van der Waals surface area contributed by atoms with Gasteiger partial charge in [-0.25, -0.2) is 4.79 Å². The van der Waals surface area contributed by atoms with Gasteiger partial charge in [-0.15, -0.1) is 0 Å². The summed E-state index contributed by atoms with van der Waals surface area (Å²) in [5.41, 5.74) is 0.922. The zero-order valence-electron chi connectivity index (χ0n) is 14.5. The number of hydrogen-bond acceptors (Lipinski definition) is 6. The van der Waals surface area contributed by atoms with Gasteiger partial charge in [0.25, 0.3) is 5.91 Å². The number of carbonyl (C=O) groups excluding carboxylic acids is 3. The fraction of sp³-hybridized carbons (Fsp3) is 0.294. The number of anilines is 1. The van der Waals surface area contributed by atoms with E-state index in [0.717, 1.165) is 0 Å². The third kappa shape index (κ3) is 4.23. The van der Waals surface area contributed by atoms with Gasteiger partial charge in [0, 0.05) is 19.5 Å². The maximum absolute atomic E-state index is 12.5. The molecule has 1 N–H and O–H groups in total. The second-order valence-electron chi connectivity index (χ2n) is 5.23. The summed E-state index contributed by atoms with van der Waals surface area (Å²) in [4.78, 5) is 35.6. The standard InChI is InChI=1S/C17H19N3O5/c1-5-24-17(23)14-10(2)19-20(4)15(14)18-16(22)12-7-6-8-13(9-12)25-11(3)21/h6-9H,5H2,1-4H3,(H,18,22). The van der Waals surface area contributed by atoms with Crippen LogP contribution in [0, 0.1) is 6.92 Å². The third-order valence-corrected chi connectivity index (χ3v) is 3.29. The number of ether oxygens (including phenoxy) is 2. The van der Waals surface area contributed by atoms with E-state index in [2.05, 4.69) is 10.4 Å². The van der Waals surface area contributed by atoms with Crippen LogP contribution in [0.15, 0.2) is 24.3 Å². The largest absolute Gasteiger partial charge is 0.462 e. The van der Waals surface area contributed by atoms with E-state index in [9.17, 15) is 14.4 Å². The number of aryl methyl sites for hydroxylation is 2. The zero-order valence-corrected chi connectivity index (χ0v) is 14.5. The van der Waals surface area contributed by atoms with E-state index >= 15 is 0 Å². The van der Waals surface area contributed by atoms with Crippen molar-refractivity contribution in [2.75, 3.05) is 11.9 Å². The van der Waals surface area contributed by atoms with E-state index in [1.807, 2.05) is 0 Å². The van der Waals surface area contributed by atoms with Crippen molar-refractivity contribution < 1.29 is 23.9 Å². The van der Waals surface area contributed by atoms with Gasteiger partial charge < -0.3 is 14.8 Å². The highest BCUT2D eigenvalue weighted by Gasteiger charge is 2.23. The van der Waals surface area contributed by atoms with Crippen molar-refractivity contribution in [1.29, 1.82) is 0 Å². The first-order chi connectivity index (χ1) is 11.8. The van der Waals surface area contributed by atoms with Gasteiger partial charge in [0.05, 0.1) is 12.3 Å². The van der Waals surface area contributed by atoms with Gasteiger partial charge in [-0.3, -0.25) is 14.3 Å². The molecule has 1 aromatic heterocycles. The van der Waals surface area contributed by atoms with Crippen LogP contribution in [0.1, 0.15) is 40.3 Å². The summed E-state index contributed by atoms with van der Waals surface area (Å²) in [5, 5.41) is 6.81. The maximum Gasteiger partial charge on any atom is 0.343 e. The summed E-state index contributed by atoms with van der Waals surface area (Å²) in [6.45, 7) is 4.84. The summed E-state index contributed by atoms with van der Waals surface area (Å²) in [5.74, 6) is -1.02. The van der Waals surface area contributed by atoms with Gasteiger partial charge in [-0.2, -0.15) is 5.10 Å². The highest BCUT2D eigenvalue weighted by atomic mass is 16.5. The summed E-state index contributed by atoms with van der Waals surface area (Å²) in [6.07, 6.45) is 0. The molecule has 1 amide bonds. The number of carbonyl (C=O) groups is 3. The third-order valence-electron chi connectivity index (χ3n) is 3.29. The van der Waals surface area contributed by atoms with Gasteiger partial charge in [-0.05, 0) is 32.0 Å². The molecule has 8 nitrogen and oxygen atoms in total. The van der Waals surface area contributed by atoms with Gasteiger partial charge >= 0.3 is 11.9 Å². The van der Waals surface area contributed by atoms with Crippen LogP contribution in [-0.2, 0) is 16.6 Å². The Bertz CT molecular complexity index is 826. The highest BCUT2D eigenvalue weighted by molar-refractivity contribution is 6.07. The van der Waals surface area contributed by atoms with Crippen LogP contribution < -0.4 is 10.1 Å². The number of rotatable bonds is 5. The monoisotopic (exact) mass is 345 g/mol. The molecule has 0 fully saturated rings. The Labute approximate surface area is 144 Å². The van der Waals surface area contributed by atoms with Crippen molar-refractivity contribution in [1.82, 2.24) is 9.78 Å². The molecule has 8 heteroatoms. The first-order valence-electron chi connectivity index (χ1n) is 7.64. The molecule has 2 rings (SSSR count). The fourth-order valence-electron chi connectivity index (χ4n) is 2.30. The number of benzene rings is 1. The Balaban J connectivity index is 2.29. The lowest BCUT2D eigenvalue weighted by Gasteiger charge is -2.09. The molecule has 0 saturated heterocycles. The molecule has 0 bridgehead atoms. The molecule has 0 atom stereocenters. The predicted molar refractivity (Wildman–Crippen MR) is 89.6 cm³/mol. The van der Waals surface area contributed by atoms with Crippen LogP contribution in [0.3, 0.4) is 0 Å². The average Bonchev–Trinajstić information content (AvgIpc) is 2.81. The van der Waals surface area contributed by atoms with Crippen LogP contribution in [0.5, 0.6) is 5.75 Å². The average molecular weight is 345 g/mol. The van der Waals surface area contributed by atoms with Gasteiger partial charge in [0.2, 0.25) is 0 Å². The number of amides is 1. The summed E-state index contributed by atoms with van der Waals surface area (Å²) in [6, 6.07) is 6.16. The van der Waals surface area contributed by atoms with Crippen LogP contribution in [0.4, 0.5) is 5.82 Å². The number of hydrogen-bond donors (Lipinski definition) is 1. The summed E-state index contributed by atoms with van der Waals surface area (Å²) in [7, 11) is 1.61. The van der Waals surface area contributed by atoms with Crippen molar-refractivity contribution in [3.63, 3.8) is 0 Å². The number of aromatic nitrogens is 2. The molecule has 0 saturated carbocycles. The Kier molecular flexibility index (Phi) is 5.53. The Morgan fingerprint density at radius 2 is 2.00 bits per heavy atom. The van der Waals surface area contributed by atoms with Crippen molar-refractivity contribution >= 4 is 23.7 Å². The quantitative estimate of drug-likeness (QED) is 0.658. The molecule has 1 heterocycles. The van der Waals surface area contributed by atoms with E-state index in [1.165, 1.54) is 17.7 Å². The molecule has 2 aromatic rings. The molecule has 0 radical (unpaired) electrons. The molecular weight excluding hydrogens is 326 g/mol. The first kappa shape index (κ1) is 18.2. The SMILES string of the molecule is CCOC(=O)c1c(C)nn(C)c1NC(=O)c1cccc(OC(C)=O)c1. The minimum atomic E-state index is -0.558. The number of nitrogens with one attached hydrogen (secondary N) is 1. The molecule has 0 aliphatic heterocycles. The zero-order chi connectivity index (χ0) is 18.6. The predicted octanol–water partition coefficient (Wildman–Crippen LogP) is 2.08. The molecule has 1 aromatic carbocycles. The van der Waals surface area contributed by atoms with Gasteiger partial charge in [0.15, 0.2) is 0 Å². The lowest BCUT2D eigenvalue weighted by molar-refractivity contribution is -0.131. The van der Waals surface area contributed by atoms with Crippen LogP contribution >= 0.6 is 0 Å². The Morgan fingerprint density at radius 1 is 1.28 bits per heavy atom. The lowest BCUT2D eigenvalue weighted by Crippen LogP contribution is -2.18. The van der Waals surface area contributed by atoms with Gasteiger partial charge in [0.1, 0.15) is 17.1 Å². The maximum atomic E-state index is 12.5. The molecule has 0 unspecified atom stereocenters. The van der Waals surface area contributed by atoms with Crippen LogP contribution in [-0.4, -0.2) is 34.2 Å². The van der Waals surface area contributed by atoms with E-state index in [1.54, 1.807) is 39.1 Å². The van der Waals surface area contributed by atoms with Crippen molar-refractivity contribution in [3.05, 3.63) is 41.1 Å². The molecule has 25 heavy (non-hydrogen) atoms. The Morgan fingerprint density at radius 3 is 2.64 bits per heavy atom. The minimum absolute atomic E-state index is 0.203. The summed E-state index contributed by atoms with van der Waals surface area (Å²) < 4.78 is 11.4. The van der Waals surface area contributed by atoms with E-state index in [0.29, 0.717) is 5.69 Å². The van der Waals surface area contributed by atoms with Gasteiger partial charge in [-0.1, -0.05) is 6.07 Å². The summed E-state index contributed by atoms with van der Waals surface area (Å²) >= 11 is 0. The molecule has 0 aliphatic carbocycles. The van der Waals surface area contributed by atoms with Crippen LogP contribution in [0.2, 0.25) is 0 Å². The van der Waals surface area contributed by atoms with Crippen molar-refractivity contribution in [2.45, 2.75) is 20.8 Å². The molecular formula is C17H19N3O5. The number of esters is 2. The second kappa shape index (κ2) is 7.61. The van der Waals surface area contributed by atoms with E-state index < -0.39 is 17.8 Å². The number of nitrogens with zero attached hydrogens (tertiary/aromatic N) is 2. The van der Waals surface area contributed by atoms with Crippen LogP contribution in [0.25, 0.3) is 0 Å². The van der Waals surface area contributed by atoms with Crippen molar-refractivity contribution in [2.24, 2.45) is 7.05 Å². The first-order valence-corrected chi connectivity index (χ1v) is 7.64. The molecule has 132 valence electrons. The lowest BCUT2D eigenvalue weighted by atomic mass is 10.2.